The Bertz CT molecular complexity index is 873. The molecule has 0 aliphatic heterocycles. The van der Waals surface area contributed by atoms with Crippen molar-refractivity contribution >= 4 is 11.0 Å². The highest BCUT2D eigenvalue weighted by molar-refractivity contribution is 5.79. The molecule has 0 aliphatic rings. The highest BCUT2D eigenvalue weighted by atomic mass is 16.5. The van der Waals surface area contributed by atoms with Gasteiger partial charge in [0.15, 0.2) is 0 Å². The summed E-state index contributed by atoms with van der Waals surface area (Å²) >= 11 is 0. The molecule has 1 N–H and O–H groups in total. The number of hydrogen-bond acceptors (Lipinski definition) is 2. The van der Waals surface area contributed by atoms with Crippen LogP contribution in [0.1, 0.15) is 20.3 Å². The Hall–Kier alpha value is -2.56. The van der Waals surface area contributed by atoms with Crippen molar-refractivity contribution in [3.8, 4) is 17.2 Å². The van der Waals surface area contributed by atoms with E-state index in [1.807, 2.05) is 38.3 Å². The van der Waals surface area contributed by atoms with E-state index >= 15 is 0 Å². The topological polar surface area (TPSA) is 43.2 Å². The first-order valence-corrected chi connectivity index (χ1v) is 7.65. The van der Waals surface area contributed by atoms with Gasteiger partial charge < -0.3 is 9.84 Å². The predicted molar refractivity (Wildman–Crippen MR) is 85.5 cm³/mol. The van der Waals surface area contributed by atoms with Gasteiger partial charge in [-0.15, -0.1) is 14.1 Å². The predicted octanol–water partition coefficient (Wildman–Crippen LogP) is 3.55. The van der Waals surface area contributed by atoms with Gasteiger partial charge in [0, 0.05) is 6.07 Å². The molecule has 5 nitrogen and oxygen atoms in total. The molecule has 2 aromatic carbocycles. The number of nitrogens with zero attached hydrogens (tertiary/aromatic N) is 3. The molecule has 114 valence electrons. The molecule has 1 unspecified atom stereocenters. The molecule has 0 aliphatic carbocycles. The molecule has 0 bridgehead atoms. The van der Waals surface area contributed by atoms with Gasteiger partial charge >= 0.3 is 0 Å². The Balaban J connectivity index is 1.61. The number of para-hydroxylation sites is 2. The van der Waals surface area contributed by atoms with E-state index in [-0.39, 0.29) is 5.75 Å². The van der Waals surface area contributed by atoms with Crippen LogP contribution in [0.5, 0.6) is 11.5 Å². The van der Waals surface area contributed by atoms with Crippen LogP contribution in [-0.4, -0.2) is 25.8 Å². The molecule has 1 atom stereocenters. The van der Waals surface area contributed by atoms with Crippen LogP contribution >= 0.6 is 0 Å². The first-order chi connectivity index (χ1) is 10.7. The fourth-order valence-corrected chi connectivity index (χ4v) is 2.62. The summed E-state index contributed by atoms with van der Waals surface area (Å²) in [4.78, 5) is 1.94. The third-order valence-corrected chi connectivity index (χ3v) is 4.21. The molecular formula is C17H19N3O2. The summed E-state index contributed by atoms with van der Waals surface area (Å²) in [5, 5.41) is 10.3. The SMILES string of the molecule is CCC(C)COc1ccc(-n2n3c4ccccc4n23)c(O)c1. The summed E-state index contributed by atoms with van der Waals surface area (Å²) in [5.41, 5.74) is 3.06. The highest BCUT2D eigenvalue weighted by Crippen LogP contribution is 2.32. The maximum Gasteiger partial charge on any atom is 0.146 e. The maximum atomic E-state index is 10.3. The first-order valence-electron chi connectivity index (χ1n) is 7.65. The molecule has 4 aromatic rings. The molecule has 4 rings (SSSR count). The van der Waals surface area contributed by atoms with Crippen molar-refractivity contribution in [3.63, 3.8) is 0 Å². The monoisotopic (exact) mass is 297 g/mol. The van der Waals surface area contributed by atoms with Crippen LogP contribution in [0.15, 0.2) is 42.5 Å². The van der Waals surface area contributed by atoms with Crippen LogP contribution in [0.4, 0.5) is 0 Å². The molecule has 0 saturated carbocycles. The third-order valence-electron chi connectivity index (χ3n) is 4.21. The van der Waals surface area contributed by atoms with Crippen LogP contribution in [-0.2, 0) is 0 Å². The molecule has 0 fully saturated rings. The van der Waals surface area contributed by atoms with Crippen molar-refractivity contribution in [2.45, 2.75) is 20.3 Å². The van der Waals surface area contributed by atoms with E-state index < -0.39 is 0 Å². The molecule has 2 heterocycles. The summed E-state index contributed by atoms with van der Waals surface area (Å²) in [6.07, 6.45) is 1.08. The van der Waals surface area contributed by atoms with Gasteiger partial charge in [-0.3, -0.25) is 0 Å². The molecule has 5 heteroatoms. The van der Waals surface area contributed by atoms with Crippen molar-refractivity contribution in [2.24, 2.45) is 5.92 Å². The van der Waals surface area contributed by atoms with Crippen LogP contribution in [0.2, 0.25) is 0 Å². The number of ether oxygens (including phenoxy) is 1. The quantitative estimate of drug-likeness (QED) is 0.612. The van der Waals surface area contributed by atoms with Crippen LogP contribution < -0.4 is 4.74 Å². The zero-order chi connectivity index (χ0) is 15.3. The van der Waals surface area contributed by atoms with Gasteiger partial charge in [-0.05, 0) is 30.2 Å². The Labute approximate surface area is 128 Å². The Morgan fingerprint density at radius 1 is 1.09 bits per heavy atom. The van der Waals surface area contributed by atoms with Crippen molar-refractivity contribution in [3.05, 3.63) is 42.5 Å². The van der Waals surface area contributed by atoms with E-state index in [0.29, 0.717) is 18.3 Å². The number of phenolic OH excluding ortho intramolecular Hbond substituents is 1. The number of fused-ring (bicyclic) bond motifs is 4. The van der Waals surface area contributed by atoms with Crippen LogP contribution in [0.3, 0.4) is 0 Å². The number of rotatable bonds is 5. The molecule has 0 amide bonds. The molecule has 0 saturated heterocycles. The number of aromatic hydroxyl groups is 1. The van der Waals surface area contributed by atoms with E-state index in [2.05, 4.69) is 26.0 Å². The largest absolute Gasteiger partial charge is 0.505 e. The van der Waals surface area contributed by atoms with Gasteiger partial charge in [-0.1, -0.05) is 32.4 Å². The van der Waals surface area contributed by atoms with Crippen molar-refractivity contribution in [1.29, 1.82) is 0 Å². The summed E-state index contributed by atoms with van der Waals surface area (Å²) in [6, 6.07) is 13.6. The first kappa shape index (κ1) is 13.1. The van der Waals surface area contributed by atoms with E-state index in [0.717, 1.165) is 23.1 Å². The van der Waals surface area contributed by atoms with E-state index in [4.69, 9.17) is 4.74 Å². The standard InChI is InChI=1S/C17H19N3O2/c1-3-12(2)11-22-13-8-9-16(17(21)10-13)20-18-14-6-4-5-7-15(14)19(18)20/h4-10,12,21H,3,11H2,1-2H3. The fourth-order valence-electron chi connectivity index (χ4n) is 2.62. The molecule has 0 radical (unpaired) electrons. The lowest BCUT2D eigenvalue weighted by molar-refractivity contribution is 0.255. The van der Waals surface area contributed by atoms with Crippen molar-refractivity contribution in [2.75, 3.05) is 6.61 Å². The second-order valence-electron chi connectivity index (χ2n) is 5.83. The highest BCUT2D eigenvalue weighted by Gasteiger charge is 2.25. The number of phenols is 1. The average Bonchev–Trinajstić information content (AvgIpc) is 3.18. The van der Waals surface area contributed by atoms with Gasteiger partial charge in [-0.25, -0.2) is 0 Å². The zero-order valence-electron chi connectivity index (χ0n) is 12.7. The minimum atomic E-state index is 0.224. The molecular weight excluding hydrogens is 278 g/mol. The molecule has 22 heavy (non-hydrogen) atoms. The molecule has 0 spiro atoms. The Morgan fingerprint density at radius 2 is 1.77 bits per heavy atom. The summed E-state index contributed by atoms with van der Waals surface area (Å²) < 4.78 is 9.76. The minimum Gasteiger partial charge on any atom is -0.505 e. The lowest BCUT2D eigenvalue weighted by Crippen LogP contribution is -2.07. The van der Waals surface area contributed by atoms with Crippen LogP contribution in [0, 0.1) is 5.92 Å². The van der Waals surface area contributed by atoms with Crippen molar-refractivity contribution < 1.29 is 9.84 Å². The average molecular weight is 297 g/mol. The second-order valence-corrected chi connectivity index (χ2v) is 5.83. The lowest BCUT2D eigenvalue weighted by atomic mass is 10.1. The minimum absolute atomic E-state index is 0.224. The molecule has 2 aromatic heterocycles. The zero-order valence-corrected chi connectivity index (χ0v) is 12.7. The Morgan fingerprint density at radius 3 is 2.36 bits per heavy atom. The van der Waals surface area contributed by atoms with E-state index in [1.165, 1.54) is 0 Å². The summed E-state index contributed by atoms with van der Waals surface area (Å²) in [6.45, 7) is 4.97. The number of benzene rings is 2. The van der Waals surface area contributed by atoms with Crippen LogP contribution in [0.25, 0.3) is 16.7 Å². The van der Waals surface area contributed by atoms with Gasteiger partial charge in [0.05, 0.1) is 6.61 Å². The summed E-state index contributed by atoms with van der Waals surface area (Å²) in [7, 11) is 0. The van der Waals surface area contributed by atoms with Crippen molar-refractivity contribution in [1.82, 2.24) is 14.1 Å². The van der Waals surface area contributed by atoms with Gasteiger partial charge in [0.2, 0.25) is 0 Å². The van der Waals surface area contributed by atoms with E-state index in [1.54, 1.807) is 6.07 Å². The maximum absolute atomic E-state index is 10.3. The smallest absolute Gasteiger partial charge is 0.146 e. The van der Waals surface area contributed by atoms with Gasteiger partial charge in [0.1, 0.15) is 28.2 Å². The van der Waals surface area contributed by atoms with E-state index in [9.17, 15) is 5.11 Å². The fraction of sp³-hybridized carbons (Fsp3) is 0.294. The second kappa shape index (κ2) is 4.73. The summed E-state index contributed by atoms with van der Waals surface area (Å²) in [5.74, 6) is 1.44. The third kappa shape index (κ3) is 1.85. The lowest BCUT2D eigenvalue weighted by Gasteiger charge is -2.11. The number of hydrogen-bond donors (Lipinski definition) is 1. The van der Waals surface area contributed by atoms with Gasteiger partial charge in [-0.2, -0.15) is 0 Å². The number of aromatic nitrogens is 3. The Kier molecular flexibility index (Phi) is 2.82. The van der Waals surface area contributed by atoms with Gasteiger partial charge in [0.25, 0.3) is 0 Å². The normalized spacial score (nSPS) is 13.4.